The van der Waals surface area contributed by atoms with Gasteiger partial charge in [0.05, 0.1) is 33.8 Å². The van der Waals surface area contributed by atoms with Crippen LogP contribution in [-0.2, 0) is 13.1 Å². The van der Waals surface area contributed by atoms with Crippen LogP contribution in [-0.4, -0.2) is 20.4 Å². The summed E-state index contributed by atoms with van der Waals surface area (Å²) < 4.78 is 41.3. The number of carbonyl (C=O) groups is 1. The third-order valence-electron chi connectivity index (χ3n) is 5.73. The Balaban J connectivity index is 1.56. The zero-order chi connectivity index (χ0) is 26.1. The van der Waals surface area contributed by atoms with Crippen LogP contribution in [0.1, 0.15) is 47.3 Å². The highest BCUT2D eigenvalue weighted by Crippen LogP contribution is 2.36. The van der Waals surface area contributed by atoms with Gasteiger partial charge in [0.25, 0.3) is 11.1 Å². The average Bonchev–Trinajstić information content (AvgIpc) is 3.60. The molecule has 0 unspecified atom stereocenters. The molecule has 5 aromatic rings. The molecule has 0 aliphatic rings. The summed E-state index contributed by atoms with van der Waals surface area (Å²) >= 11 is 4.74. The molecule has 0 saturated carbocycles. The number of amides is 1. The number of fused-ring (bicyclic) bond motifs is 1. The summed E-state index contributed by atoms with van der Waals surface area (Å²) in [6.07, 6.45) is 4.73. The minimum Gasteiger partial charge on any atom is -0.447 e. The van der Waals surface area contributed by atoms with Gasteiger partial charge in [0.2, 0.25) is 5.89 Å². The Hall–Kier alpha value is -3.57. The lowest BCUT2D eigenvalue weighted by Crippen LogP contribution is -2.24. The highest BCUT2D eigenvalue weighted by molar-refractivity contribution is 9.11. The molecule has 0 spiro atoms. The van der Waals surface area contributed by atoms with Crippen molar-refractivity contribution in [3.05, 3.63) is 93.2 Å². The van der Waals surface area contributed by atoms with Crippen LogP contribution in [0.4, 0.5) is 8.78 Å². The Morgan fingerprint density at radius 3 is 2.70 bits per heavy atom. The molecule has 0 aliphatic carbocycles. The molecule has 0 bridgehead atoms. The van der Waals surface area contributed by atoms with Crippen molar-refractivity contribution in [3.63, 3.8) is 0 Å². The second kappa shape index (κ2) is 10.4. The van der Waals surface area contributed by atoms with E-state index in [1.165, 1.54) is 23.7 Å². The van der Waals surface area contributed by atoms with Crippen molar-refractivity contribution in [3.8, 4) is 10.9 Å². The van der Waals surface area contributed by atoms with Crippen LogP contribution in [0.3, 0.4) is 0 Å². The van der Waals surface area contributed by atoms with Crippen LogP contribution in [0.15, 0.2) is 63.3 Å². The number of hydrogen-bond donors (Lipinski definition) is 1. The van der Waals surface area contributed by atoms with Crippen molar-refractivity contribution in [1.29, 1.82) is 0 Å². The number of oxazole rings is 1. The fourth-order valence-electron chi connectivity index (χ4n) is 4.20. The minimum atomic E-state index is -0.961. The lowest BCUT2D eigenvalue weighted by molar-refractivity contribution is 0.0950. The lowest BCUT2D eigenvalue weighted by atomic mass is 10.0. The maximum atomic E-state index is 13.7. The van der Waals surface area contributed by atoms with E-state index in [1.54, 1.807) is 18.5 Å². The van der Waals surface area contributed by atoms with Crippen LogP contribution >= 0.6 is 27.3 Å². The lowest BCUT2D eigenvalue weighted by Gasteiger charge is -2.14. The Morgan fingerprint density at radius 2 is 2.03 bits per heavy atom. The average molecular weight is 587 g/mol. The molecule has 1 amide bonds. The molecular formula is C26H21BrF2N4O3S. The highest BCUT2D eigenvalue weighted by atomic mass is 79.9. The van der Waals surface area contributed by atoms with Crippen molar-refractivity contribution in [2.75, 3.05) is 0 Å². The molecule has 1 N–H and O–H groups in total. The fourth-order valence-corrected chi connectivity index (χ4v) is 5.23. The molecule has 11 heteroatoms. The first kappa shape index (κ1) is 25.1. The molecule has 7 nitrogen and oxygen atoms in total. The van der Waals surface area contributed by atoms with Crippen LogP contribution in [0.25, 0.3) is 10.9 Å². The largest absolute Gasteiger partial charge is 0.447 e. The number of ether oxygens (including phenoxy) is 1. The Morgan fingerprint density at radius 1 is 1.19 bits per heavy atom. The SMILES string of the molecule is CC(C)c1c(C(=O)NCc2ccc(F)c(F)c2)c2ccc(Oc3ncc(Br)s3)cc2n1Cc1ncco1. The van der Waals surface area contributed by atoms with Crippen LogP contribution in [0.5, 0.6) is 10.9 Å². The molecule has 0 fully saturated rings. The van der Waals surface area contributed by atoms with Gasteiger partial charge in [0.1, 0.15) is 12.0 Å². The molecule has 0 atom stereocenters. The van der Waals surface area contributed by atoms with E-state index in [4.69, 9.17) is 9.15 Å². The Bertz CT molecular complexity index is 1580. The molecule has 5 rings (SSSR count). The first-order valence-corrected chi connectivity index (χ1v) is 13.0. The van der Waals surface area contributed by atoms with Gasteiger partial charge in [0.15, 0.2) is 11.6 Å². The van der Waals surface area contributed by atoms with Gasteiger partial charge >= 0.3 is 0 Å². The molecule has 2 aromatic carbocycles. The van der Waals surface area contributed by atoms with E-state index in [-0.39, 0.29) is 18.4 Å². The quantitative estimate of drug-likeness (QED) is 0.211. The zero-order valence-corrected chi connectivity index (χ0v) is 22.2. The summed E-state index contributed by atoms with van der Waals surface area (Å²) in [6, 6.07) is 9.02. The number of hydrogen-bond acceptors (Lipinski definition) is 6. The highest BCUT2D eigenvalue weighted by Gasteiger charge is 2.26. The Labute approximate surface area is 223 Å². The molecule has 3 aromatic heterocycles. The monoisotopic (exact) mass is 586 g/mol. The van der Waals surface area contributed by atoms with Crippen molar-refractivity contribution >= 4 is 44.1 Å². The van der Waals surface area contributed by atoms with Crippen LogP contribution < -0.4 is 10.1 Å². The van der Waals surface area contributed by atoms with E-state index in [1.807, 2.05) is 30.5 Å². The summed E-state index contributed by atoms with van der Waals surface area (Å²) in [5.41, 5.74) is 2.48. The molecule has 3 heterocycles. The predicted octanol–water partition coefficient (Wildman–Crippen LogP) is 7.02. The third-order valence-corrected chi connectivity index (χ3v) is 7.08. The van der Waals surface area contributed by atoms with Crippen LogP contribution in [0.2, 0.25) is 0 Å². The summed E-state index contributed by atoms with van der Waals surface area (Å²) in [5.74, 6) is -1.22. The number of rotatable bonds is 8. The third kappa shape index (κ3) is 5.28. The van der Waals surface area contributed by atoms with E-state index >= 15 is 0 Å². The van der Waals surface area contributed by atoms with E-state index in [0.29, 0.717) is 39.9 Å². The summed E-state index contributed by atoms with van der Waals surface area (Å²) in [6.45, 7) is 4.34. The van der Waals surface area contributed by atoms with Gasteiger partial charge < -0.3 is 19.0 Å². The normalized spacial score (nSPS) is 11.4. The van der Waals surface area contributed by atoms with Gasteiger partial charge in [-0.3, -0.25) is 4.79 Å². The minimum absolute atomic E-state index is 0.0364. The summed E-state index contributed by atoms with van der Waals surface area (Å²) in [7, 11) is 0. The number of carbonyl (C=O) groups excluding carboxylic acids is 1. The van der Waals surface area contributed by atoms with Gasteiger partial charge in [-0.05, 0) is 51.7 Å². The molecular weight excluding hydrogens is 566 g/mol. The standard InChI is InChI=1S/C26H21BrF2N4O3S/c1-14(2)24-23(25(34)31-11-15-3-6-18(28)19(29)9-15)17-5-4-16(36-26-32-12-21(27)37-26)10-20(17)33(24)13-22-30-7-8-35-22/h3-10,12,14H,11,13H2,1-2H3,(H,31,34). The number of aromatic nitrogens is 3. The Kier molecular flexibility index (Phi) is 7.07. The summed E-state index contributed by atoms with van der Waals surface area (Å²) in [4.78, 5) is 22.0. The van der Waals surface area contributed by atoms with Crippen molar-refractivity contribution in [1.82, 2.24) is 19.9 Å². The van der Waals surface area contributed by atoms with Crippen molar-refractivity contribution in [2.45, 2.75) is 32.9 Å². The van der Waals surface area contributed by atoms with Crippen molar-refractivity contribution < 1.29 is 22.7 Å². The van der Waals surface area contributed by atoms with E-state index in [9.17, 15) is 13.6 Å². The van der Waals surface area contributed by atoms with E-state index < -0.39 is 11.6 Å². The molecule has 37 heavy (non-hydrogen) atoms. The molecule has 0 aliphatic heterocycles. The van der Waals surface area contributed by atoms with Gasteiger partial charge in [-0.25, -0.2) is 18.7 Å². The zero-order valence-electron chi connectivity index (χ0n) is 19.8. The van der Waals surface area contributed by atoms with Gasteiger partial charge in [-0.15, -0.1) is 0 Å². The fraction of sp³-hybridized carbons (Fsp3) is 0.192. The topological polar surface area (TPSA) is 82.2 Å². The van der Waals surface area contributed by atoms with E-state index in [0.717, 1.165) is 27.1 Å². The summed E-state index contributed by atoms with van der Waals surface area (Å²) in [5, 5.41) is 4.04. The smallest absolute Gasteiger partial charge is 0.279 e. The maximum absolute atomic E-state index is 13.7. The van der Waals surface area contributed by atoms with Gasteiger partial charge in [-0.1, -0.05) is 31.3 Å². The molecule has 0 radical (unpaired) electrons. The van der Waals surface area contributed by atoms with E-state index in [2.05, 4.69) is 31.2 Å². The second-order valence-electron chi connectivity index (χ2n) is 8.57. The molecule has 190 valence electrons. The number of nitrogens with one attached hydrogen (secondary N) is 1. The van der Waals surface area contributed by atoms with Gasteiger partial charge in [-0.2, -0.15) is 0 Å². The van der Waals surface area contributed by atoms with Crippen molar-refractivity contribution in [2.24, 2.45) is 0 Å². The maximum Gasteiger partial charge on any atom is 0.279 e. The first-order chi connectivity index (χ1) is 17.8. The number of nitrogens with zero attached hydrogens (tertiary/aromatic N) is 3. The number of benzene rings is 2. The first-order valence-electron chi connectivity index (χ1n) is 11.4. The van der Waals surface area contributed by atoms with Gasteiger partial charge in [0, 0.05) is 23.7 Å². The number of thiazole rings is 1. The molecule has 0 saturated heterocycles. The number of halogens is 3. The predicted molar refractivity (Wildman–Crippen MR) is 139 cm³/mol. The van der Waals surface area contributed by atoms with Crippen LogP contribution in [0, 0.1) is 11.6 Å². The second-order valence-corrected chi connectivity index (χ2v) is 10.9.